The minimum atomic E-state index is -0.299. The Labute approximate surface area is 155 Å². The van der Waals surface area contributed by atoms with E-state index < -0.39 is 0 Å². The van der Waals surface area contributed by atoms with Gasteiger partial charge in [0.05, 0.1) is 6.10 Å². The number of amides is 1. The summed E-state index contributed by atoms with van der Waals surface area (Å²) < 4.78 is 0. The Bertz CT molecular complexity index is 675. The zero-order chi connectivity index (χ0) is 18.2. The lowest BCUT2D eigenvalue weighted by molar-refractivity contribution is -0.116. The third-order valence-electron chi connectivity index (χ3n) is 5.14. The lowest BCUT2D eigenvalue weighted by Gasteiger charge is -2.36. The Kier molecular flexibility index (Phi) is 6.81. The number of piperidine rings is 1. The Morgan fingerprint density at radius 2 is 1.77 bits per heavy atom. The number of hydrogen-bond acceptors (Lipinski definition) is 3. The molecule has 0 radical (unpaired) electrons. The van der Waals surface area contributed by atoms with Crippen LogP contribution >= 0.6 is 0 Å². The van der Waals surface area contributed by atoms with E-state index in [1.807, 2.05) is 36.4 Å². The van der Waals surface area contributed by atoms with Crippen molar-refractivity contribution in [1.29, 1.82) is 0 Å². The molecule has 3 rings (SSSR count). The fourth-order valence-corrected chi connectivity index (χ4v) is 3.58. The maximum absolute atomic E-state index is 12.1. The third-order valence-corrected chi connectivity index (χ3v) is 5.14. The summed E-state index contributed by atoms with van der Waals surface area (Å²) in [5, 5.41) is 13.2. The van der Waals surface area contributed by atoms with Crippen LogP contribution in [0.25, 0.3) is 0 Å². The van der Waals surface area contributed by atoms with Crippen molar-refractivity contribution in [2.45, 2.75) is 31.8 Å². The van der Waals surface area contributed by atoms with Crippen molar-refractivity contribution in [2.24, 2.45) is 5.92 Å². The van der Waals surface area contributed by atoms with Gasteiger partial charge in [-0.15, -0.1) is 0 Å². The van der Waals surface area contributed by atoms with Crippen molar-refractivity contribution in [1.82, 2.24) is 4.90 Å². The van der Waals surface area contributed by atoms with E-state index in [0.29, 0.717) is 6.42 Å². The number of rotatable bonds is 7. The molecule has 0 spiro atoms. The van der Waals surface area contributed by atoms with Gasteiger partial charge in [0, 0.05) is 31.7 Å². The molecule has 4 nitrogen and oxygen atoms in total. The highest BCUT2D eigenvalue weighted by molar-refractivity contribution is 5.90. The molecular formula is C22H28N2O2. The molecule has 1 aliphatic heterocycles. The summed E-state index contributed by atoms with van der Waals surface area (Å²) in [4.78, 5) is 14.6. The van der Waals surface area contributed by atoms with E-state index in [-0.39, 0.29) is 17.9 Å². The van der Waals surface area contributed by atoms with Gasteiger partial charge in [-0.05, 0) is 42.9 Å². The molecule has 4 heteroatoms. The summed E-state index contributed by atoms with van der Waals surface area (Å²) in [5.74, 6) is 0.186. The van der Waals surface area contributed by atoms with Crippen molar-refractivity contribution in [3.63, 3.8) is 0 Å². The number of para-hydroxylation sites is 1. The number of aliphatic hydroxyl groups is 1. The van der Waals surface area contributed by atoms with Crippen LogP contribution < -0.4 is 5.32 Å². The van der Waals surface area contributed by atoms with E-state index in [0.717, 1.165) is 44.6 Å². The number of likely N-dealkylation sites (tertiary alicyclic amines) is 1. The first kappa shape index (κ1) is 18.6. The summed E-state index contributed by atoms with van der Waals surface area (Å²) in [6.07, 6.45) is 2.69. The van der Waals surface area contributed by atoms with Crippen LogP contribution in [0.5, 0.6) is 0 Å². The van der Waals surface area contributed by atoms with E-state index in [9.17, 15) is 9.90 Å². The fraction of sp³-hybridized carbons (Fsp3) is 0.409. The molecule has 0 aromatic heterocycles. The monoisotopic (exact) mass is 352 g/mol. The maximum Gasteiger partial charge on any atom is 0.224 e. The lowest BCUT2D eigenvalue weighted by Crippen LogP contribution is -2.44. The first-order valence-corrected chi connectivity index (χ1v) is 9.50. The second-order valence-electron chi connectivity index (χ2n) is 7.11. The van der Waals surface area contributed by atoms with E-state index in [1.165, 1.54) is 5.56 Å². The predicted octanol–water partition coefficient (Wildman–Crippen LogP) is 3.33. The topological polar surface area (TPSA) is 52.6 Å². The molecule has 0 saturated carbocycles. The molecule has 0 bridgehead atoms. The summed E-state index contributed by atoms with van der Waals surface area (Å²) in [6, 6.07) is 20.0. The van der Waals surface area contributed by atoms with Gasteiger partial charge in [-0.2, -0.15) is 0 Å². The van der Waals surface area contributed by atoms with Gasteiger partial charge < -0.3 is 15.3 Å². The Morgan fingerprint density at radius 3 is 2.50 bits per heavy atom. The Balaban J connectivity index is 1.43. The van der Waals surface area contributed by atoms with Gasteiger partial charge in [0.15, 0.2) is 0 Å². The second-order valence-corrected chi connectivity index (χ2v) is 7.11. The number of anilines is 1. The molecule has 1 amide bonds. The predicted molar refractivity (Wildman–Crippen MR) is 105 cm³/mol. The number of carbonyl (C=O) groups excluding carboxylic acids is 1. The van der Waals surface area contributed by atoms with E-state index in [4.69, 9.17) is 0 Å². The van der Waals surface area contributed by atoms with Crippen molar-refractivity contribution in [2.75, 3.05) is 25.0 Å². The molecule has 1 saturated heterocycles. The molecular weight excluding hydrogens is 324 g/mol. The minimum absolute atomic E-state index is 0.0183. The van der Waals surface area contributed by atoms with Gasteiger partial charge in [-0.25, -0.2) is 0 Å². The summed E-state index contributed by atoms with van der Waals surface area (Å²) in [5.41, 5.74) is 2.17. The summed E-state index contributed by atoms with van der Waals surface area (Å²) in [7, 11) is 0. The van der Waals surface area contributed by atoms with Gasteiger partial charge in [0.25, 0.3) is 0 Å². The number of nitrogens with zero attached hydrogens (tertiary/aromatic N) is 1. The third kappa shape index (κ3) is 5.68. The molecule has 2 aromatic carbocycles. The SMILES string of the molecule is O=C(CC[C@@H]1CN(CCc2ccccc2)CC[C@@H]1O)Nc1ccccc1. The van der Waals surface area contributed by atoms with E-state index in [1.54, 1.807) is 0 Å². The van der Waals surface area contributed by atoms with Crippen LogP contribution in [-0.4, -0.2) is 41.7 Å². The van der Waals surface area contributed by atoms with Gasteiger partial charge in [0.1, 0.15) is 0 Å². The van der Waals surface area contributed by atoms with Crippen molar-refractivity contribution < 1.29 is 9.90 Å². The van der Waals surface area contributed by atoms with Crippen LogP contribution in [0.1, 0.15) is 24.8 Å². The van der Waals surface area contributed by atoms with Crippen LogP contribution in [0.2, 0.25) is 0 Å². The molecule has 138 valence electrons. The van der Waals surface area contributed by atoms with Crippen molar-refractivity contribution in [3.05, 3.63) is 66.2 Å². The van der Waals surface area contributed by atoms with Crippen molar-refractivity contribution in [3.8, 4) is 0 Å². The first-order chi connectivity index (χ1) is 12.7. The van der Waals surface area contributed by atoms with Gasteiger partial charge in [0.2, 0.25) is 5.91 Å². The fourth-order valence-electron chi connectivity index (χ4n) is 3.58. The normalized spacial score (nSPS) is 20.7. The van der Waals surface area contributed by atoms with Crippen LogP contribution in [0.15, 0.2) is 60.7 Å². The molecule has 2 atom stereocenters. The highest BCUT2D eigenvalue weighted by Crippen LogP contribution is 2.22. The number of benzene rings is 2. The summed E-state index contributed by atoms with van der Waals surface area (Å²) >= 11 is 0. The number of hydrogen-bond donors (Lipinski definition) is 2. The Morgan fingerprint density at radius 1 is 1.08 bits per heavy atom. The molecule has 1 aliphatic rings. The van der Waals surface area contributed by atoms with E-state index >= 15 is 0 Å². The summed E-state index contributed by atoms with van der Waals surface area (Å²) in [6.45, 7) is 2.80. The van der Waals surface area contributed by atoms with Gasteiger partial charge in [-0.1, -0.05) is 48.5 Å². The average Bonchev–Trinajstić information content (AvgIpc) is 2.68. The zero-order valence-electron chi connectivity index (χ0n) is 15.2. The first-order valence-electron chi connectivity index (χ1n) is 9.50. The average molecular weight is 352 g/mol. The number of nitrogens with one attached hydrogen (secondary N) is 1. The largest absolute Gasteiger partial charge is 0.393 e. The highest BCUT2D eigenvalue weighted by atomic mass is 16.3. The van der Waals surface area contributed by atoms with Gasteiger partial charge >= 0.3 is 0 Å². The molecule has 0 aliphatic carbocycles. The molecule has 2 aromatic rings. The van der Waals surface area contributed by atoms with Crippen LogP contribution in [0.4, 0.5) is 5.69 Å². The van der Waals surface area contributed by atoms with E-state index in [2.05, 4.69) is 34.5 Å². The number of aliphatic hydroxyl groups excluding tert-OH is 1. The molecule has 1 heterocycles. The quantitative estimate of drug-likeness (QED) is 0.804. The minimum Gasteiger partial charge on any atom is -0.393 e. The van der Waals surface area contributed by atoms with Gasteiger partial charge in [-0.3, -0.25) is 4.79 Å². The van der Waals surface area contributed by atoms with Crippen LogP contribution in [0, 0.1) is 5.92 Å². The second kappa shape index (κ2) is 9.51. The van der Waals surface area contributed by atoms with Crippen molar-refractivity contribution >= 4 is 11.6 Å². The number of carbonyl (C=O) groups is 1. The van der Waals surface area contributed by atoms with Crippen LogP contribution in [0.3, 0.4) is 0 Å². The molecule has 2 N–H and O–H groups in total. The standard InChI is InChI=1S/C22H28N2O2/c25-21-14-16-24(15-13-18-7-3-1-4-8-18)17-19(21)11-12-22(26)23-20-9-5-2-6-10-20/h1-10,19,21,25H,11-17H2,(H,23,26)/t19-,21+/m1/s1. The molecule has 0 unspecified atom stereocenters. The van der Waals surface area contributed by atoms with Crippen LogP contribution in [-0.2, 0) is 11.2 Å². The molecule has 1 fully saturated rings. The highest BCUT2D eigenvalue weighted by Gasteiger charge is 2.27. The maximum atomic E-state index is 12.1. The zero-order valence-corrected chi connectivity index (χ0v) is 15.2. The molecule has 26 heavy (non-hydrogen) atoms. The lowest BCUT2D eigenvalue weighted by atomic mass is 9.90. The smallest absolute Gasteiger partial charge is 0.224 e. The Hall–Kier alpha value is -2.17.